The molecule has 5 nitrogen and oxygen atoms in total. The summed E-state index contributed by atoms with van der Waals surface area (Å²) in [5.74, 6) is -2.31. The van der Waals surface area contributed by atoms with Crippen LogP contribution in [0.1, 0.15) is 29.9 Å². The fourth-order valence-corrected chi connectivity index (χ4v) is 2.61. The van der Waals surface area contributed by atoms with Gasteiger partial charge in [-0.2, -0.15) is 0 Å². The third-order valence-electron chi connectivity index (χ3n) is 4.09. The largest absolute Gasteiger partial charge is 0.342 e. The van der Waals surface area contributed by atoms with Crippen LogP contribution in [0.3, 0.4) is 0 Å². The van der Waals surface area contributed by atoms with Crippen LogP contribution < -0.4 is 10.9 Å². The van der Waals surface area contributed by atoms with E-state index in [1.807, 2.05) is 6.07 Å². The first-order valence-corrected chi connectivity index (χ1v) is 8.21. The zero-order valence-corrected chi connectivity index (χ0v) is 14.7. The predicted molar refractivity (Wildman–Crippen MR) is 97.1 cm³/mol. The first-order chi connectivity index (χ1) is 12.8. The molecule has 0 bridgehead atoms. The van der Waals surface area contributed by atoms with Gasteiger partial charge >= 0.3 is 0 Å². The summed E-state index contributed by atoms with van der Waals surface area (Å²) in [6.07, 6.45) is 0. The van der Waals surface area contributed by atoms with E-state index in [2.05, 4.69) is 15.3 Å². The van der Waals surface area contributed by atoms with Gasteiger partial charge in [0.15, 0.2) is 11.6 Å². The van der Waals surface area contributed by atoms with Crippen LogP contribution in [-0.4, -0.2) is 15.9 Å². The Kier molecular flexibility index (Phi) is 4.85. The number of amides is 1. The zero-order valence-electron chi connectivity index (χ0n) is 14.7. The lowest BCUT2D eigenvalue weighted by molar-refractivity contribution is 0.0906. The standard InChI is InChI=1S/C20H17F2N3O2/c1-20(2,13-8-9-14(21)15(22)10-13)25-19(27)16-11-17(26)24-18(23-16)12-6-4-3-5-7-12/h3-11H,1-2H3,(H,25,27)(H,23,24,26). The van der Waals surface area contributed by atoms with Crippen molar-refractivity contribution in [2.45, 2.75) is 19.4 Å². The normalized spacial score (nSPS) is 11.3. The Balaban J connectivity index is 1.90. The molecule has 0 radical (unpaired) electrons. The minimum absolute atomic E-state index is 0.0757. The van der Waals surface area contributed by atoms with E-state index in [4.69, 9.17) is 0 Å². The summed E-state index contributed by atoms with van der Waals surface area (Å²) >= 11 is 0. The number of nitrogens with one attached hydrogen (secondary N) is 2. The van der Waals surface area contributed by atoms with Gasteiger partial charge in [-0.15, -0.1) is 0 Å². The van der Waals surface area contributed by atoms with Gasteiger partial charge in [-0.25, -0.2) is 13.8 Å². The molecule has 0 aliphatic carbocycles. The lowest BCUT2D eigenvalue weighted by Gasteiger charge is -2.27. The minimum Gasteiger partial charge on any atom is -0.342 e. The van der Waals surface area contributed by atoms with E-state index in [0.717, 1.165) is 18.2 Å². The molecule has 0 unspecified atom stereocenters. The summed E-state index contributed by atoms with van der Waals surface area (Å²) in [6, 6.07) is 13.4. The number of hydrogen-bond donors (Lipinski definition) is 2. The molecule has 2 aromatic carbocycles. The van der Waals surface area contributed by atoms with Crippen LogP contribution in [-0.2, 0) is 5.54 Å². The highest BCUT2D eigenvalue weighted by Gasteiger charge is 2.25. The van der Waals surface area contributed by atoms with Crippen LogP contribution in [0, 0.1) is 11.6 Å². The fraction of sp³-hybridized carbons (Fsp3) is 0.150. The molecule has 0 aliphatic heterocycles. The number of rotatable bonds is 4. The van der Waals surface area contributed by atoms with E-state index in [1.54, 1.807) is 38.1 Å². The molecule has 0 fully saturated rings. The van der Waals surface area contributed by atoms with Crippen molar-refractivity contribution in [1.82, 2.24) is 15.3 Å². The maximum Gasteiger partial charge on any atom is 0.270 e. The summed E-state index contributed by atoms with van der Waals surface area (Å²) in [5.41, 5.74) is -0.525. The van der Waals surface area contributed by atoms with Gasteiger partial charge in [0, 0.05) is 11.6 Å². The monoisotopic (exact) mass is 369 g/mol. The molecule has 2 N–H and O–H groups in total. The highest BCUT2D eigenvalue weighted by molar-refractivity contribution is 5.93. The summed E-state index contributed by atoms with van der Waals surface area (Å²) in [4.78, 5) is 31.4. The summed E-state index contributed by atoms with van der Waals surface area (Å²) in [5, 5.41) is 2.70. The number of carbonyl (C=O) groups is 1. The molecule has 0 saturated carbocycles. The number of aromatic amines is 1. The van der Waals surface area contributed by atoms with Gasteiger partial charge in [0.25, 0.3) is 11.5 Å². The van der Waals surface area contributed by atoms with Crippen molar-refractivity contribution in [1.29, 1.82) is 0 Å². The van der Waals surface area contributed by atoms with Crippen molar-refractivity contribution in [3.63, 3.8) is 0 Å². The van der Waals surface area contributed by atoms with Crippen LogP contribution in [0.15, 0.2) is 59.4 Å². The predicted octanol–water partition coefficient (Wildman–Crippen LogP) is 3.38. The summed E-state index contributed by atoms with van der Waals surface area (Å²) < 4.78 is 26.7. The van der Waals surface area contributed by atoms with Gasteiger partial charge in [0.2, 0.25) is 0 Å². The van der Waals surface area contributed by atoms with Crippen molar-refractivity contribution >= 4 is 5.91 Å². The van der Waals surface area contributed by atoms with Gasteiger partial charge in [-0.05, 0) is 31.5 Å². The smallest absolute Gasteiger partial charge is 0.270 e. The zero-order chi connectivity index (χ0) is 19.6. The number of halogens is 2. The fourth-order valence-electron chi connectivity index (χ4n) is 2.61. The number of benzene rings is 2. The molecule has 0 aliphatic rings. The minimum atomic E-state index is -1.01. The molecule has 7 heteroatoms. The molecular weight excluding hydrogens is 352 g/mol. The van der Waals surface area contributed by atoms with Crippen LogP contribution >= 0.6 is 0 Å². The quantitative estimate of drug-likeness (QED) is 0.740. The third-order valence-corrected chi connectivity index (χ3v) is 4.09. The SMILES string of the molecule is CC(C)(NC(=O)c1cc(=O)[nH]c(-c2ccccc2)n1)c1ccc(F)c(F)c1. The van der Waals surface area contributed by atoms with E-state index in [1.165, 1.54) is 6.07 Å². The maximum absolute atomic E-state index is 13.5. The molecule has 3 aromatic rings. The highest BCUT2D eigenvalue weighted by Crippen LogP contribution is 2.22. The Morgan fingerprint density at radius 2 is 1.74 bits per heavy atom. The molecule has 0 saturated heterocycles. The Bertz CT molecular complexity index is 1050. The van der Waals surface area contributed by atoms with Gasteiger partial charge in [0.05, 0.1) is 5.54 Å². The van der Waals surface area contributed by atoms with Crippen LogP contribution in [0.25, 0.3) is 11.4 Å². The molecule has 138 valence electrons. The number of H-pyrrole nitrogens is 1. The Hall–Kier alpha value is -3.35. The van der Waals surface area contributed by atoms with Crippen molar-refractivity contribution in [2.24, 2.45) is 0 Å². The lowest BCUT2D eigenvalue weighted by Crippen LogP contribution is -2.41. The molecule has 1 amide bonds. The van der Waals surface area contributed by atoms with Gasteiger partial charge in [0.1, 0.15) is 11.5 Å². The maximum atomic E-state index is 13.5. The molecular formula is C20H17F2N3O2. The molecule has 1 heterocycles. The molecule has 0 spiro atoms. The molecule has 1 aromatic heterocycles. The van der Waals surface area contributed by atoms with E-state index < -0.39 is 28.6 Å². The molecule has 0 atom stereocenters. The third kappa shape index (κ3) is 4.08. The van der Waals surface area contributed by atoms with Crippen LogP contribution in [0.2, 0.25) is 0 Å². The van der Waals surface area contributed by atoms with E-state index >= 15 is 0 Å². The first-order valence-electron chi connectivity index (χ1n) is 8.21. The number of aromatic nitrogens is 2. The van der Waals surface area contributed by atoms with Crippen LogP contribution in [0.4, 0.5) is 8.78 Å². The second-order valence-electron chi connectivity index (χ2n) is 6.55. The van der Waals surface area contributed by atoms with E-state index in [-0.39, 0.29) is 11.5 Å². The number of hydrogen-bond acceptors (Lipinski definition) is 3. The van der Waals surface area contributed by atoms with E-state index in [9.17, 15) is 18.4 Å². The first kappa shape index (κ1) is 18.4. The van der Waals surface area contributed by atoms with Crippen LogP contribution in [0.5, 0.6) is 0 Å². The Labute approximate surface area is 154 Å². The average molecular weight is 369 g/mol. The van der Waals surface area contributed by atoms with Crippen molar-refractivity contribution in [3.8, 4) is 11.4 Å². The van der Waals surface area contributed by atoms with Gasteiger partial charge < -0.3 is 10.3 Å². The summed E-state index contributed by atoms with van der Waals surface area (Å²) in [7, 11) is 0. The van der Waals surface area contributed by atoms with Gasteiger partial charge in [-0.1, -0.05) is 36.4 Å². The average Bonchev–Trinajstić information content (AvgIpc) is 2.63. The topological polar surface area (TPSA) is 74.8 Å². The molecule has 3 rings (SSSR count). The van der Waals surface area contributed by atoms with Gasteiger partial charge in [-0.3, -0.25) is 9.59 Å². The highest BCUT2D eigenvalue weighted by atomic mass is 19.2. The molecule has 27 heavy (non-hydrogen) atoms. The van der Waals surface area contributed by atoms with E-state index in [0.29, 0.717) is 11.1 Å². The second-order valence-corrected chi connectivity index (χ2v) is 6.55. The number of carbonyl (C=O) groups excluding carboxylic acids is 1. The lowest BCUT2D eigenvalue weighted by atomic mass is 9.94. The number of nitrogens with zero attached hydrogens (tertiary/aromatic N) is 1. The Morgan fingerprint density at radius 3 is 2.41 bits per heavy atom. The summed E-state index contributed by atoms with van der Waals surface area (Å²) in [6.45, 7) is 3.28. The Morgan fingerprint density at radius 1 is 1.04 bits per heavy atom. The second kappa shape index (κ2) is 7.11. The van der Waals surface area contributed by atoms with Crippen molar-refractivity contribution in [2.75, 3.05) is 0 Å². The van der Waals surface area contributed by atoms with Crippen molar-refractivity contribution in [3.05, 3.63) is 87.8 Å². The van der Waals surface area contributed by atoms with Crippen molar-refractivity contribution < 1.29 is 13.6 Å².